The zero-order valence-corrected chi connectivity index (χ0v) is 13.0. The molecule has 1 aromatic heterocycles. The van der Waals surface area contributed by atoms with Crippen LogP contribution in [-0.4, -0.2) is 70.5 Å². The van der Waals surface area contributed by atoms with E-state index in [4.69, 9.17) is 10.8 Å². The quantitative estimate of drug-likeness (QED) is 0.384. The van der Waals surface area contributed by atoms with Gasteiger partial charge >= 0.3 is 5.97 Å². The number of carboxylic acid groups (broad SMARTS) is 2. The Hall–Kier alpha value is -1.58. The lowest BCUT2D eigenvalue weighted by atomic mass is 10.1. The van der Waals surface area contributed by atoms with E-state index in [0.717, 1.165) is 0 Å². The lowest BCUT2D eigenvalue weighted by Crippen LogP contribution is -2.55. The minimum absolute atomic E-state index is 0.182. The normalized spacial score (nSPS) is 14.7. The second-order valence-corrected chi connectivity index (χ2v) is 6.63. The Balaban J connectivity index is 2.66. The van der Waals surface area contributed by atoms with Crippen LogP contribution in [0.3, 0.4) is 0 Å². The molecule has 9 heteroatoms. The van der Waals surface area contributed by atoms with Crippen LogP contribution in [0.4, 0.5) is 0 Å². The highest BCUT2D eigenvalue weighted by Gasteiger charge is 2.26. The predicted molar refractivity (Wildman–Crippen MR) is 75.5 cm³/mol. The van der Waals surface area contributed by atoms with Crippen LogP contribution in [0, 0.1) is 0 Å². The van der Waals surface area contributed by atoms with E-state index in [9.17, 15) is 14.7 Å². The molecule has 1 rings (SSSR count). The van der Waals surface area contributed by atoms with Crippen molar-refractivity contribution in [3.8, 4) is 0 Å². The molecule has 0 fully saturated rings. The number of nitrogens with zero attached hydrogens (tertiary/aromatic N) is 2. The average molecular weight is 316 g/mol. The molecule has 0 bridgehead atoms. The summed E-state index contributed by atoms with van der Waals surface area (Å²) in [5.41, 5.74) is 6.05. The van der Waals surface area contributed by atoms with Crippen LogP contribution >= 0.6 is 11.8 Å². The van der Waals surface area contributed by atoms with Crippen molar-refractivity contribution in [3.63, 3.8) is 0 Å². The first-order valence-corrected chi connectivity index (χ1v) is 7.27. The summed E-state index contributed by atoms with van der Waals surface area (Å²) < 4.78 is 0.230. The van der Waals surface area contributed by atoms with E-state index in [1.54, 1.807) is 27.3 Å². The van der Waals surface area contributed by atoms with Crippen LogP contribution in [0.1, 0.15) is 5.69 Å². The van der Waals surface area contributed by atoms with Crippen LogP contribution < -0.4 is 10.8 Å². The van der Waals surface area contributed by atoms with E-state index in [0.29, 0.717) is 10.9 Å². The minimum atomic E-state index is -1.13. The smallest absolute Gasteiger partial charge is 0.321 e. The highest BCUT2D eigenvalue weighted by Crippen LogP contribution is 2.16. The minimum Gasteiger partial charge on any atom is -0.544 e. The molecule has 2 unspecified atom stereocenters. The van der Waals surface area contributed by atoms with Crippen LogP contribution in [0.15, 0.2) is 11.4 Å². The number of nitrogens with two attached hydrogens (primary N) is 1. The predicted octanol–water partition coefficient (Wildman–Crippen LogP) is -1.72. The molecular weight excluding hydrogens is 296 g/mol. The number of hydrogen-bond donors (Lipinski definition) is 3. The summed E-state index contributed by atoms with van der Waals surface area (Å²) in [7, 11) is 5.33. The molecule has 0 aromatic carbocycles. The first-order valence-electron chi connectivity index (χ1n) is 6.28. The van der Waals surface area contributed by atoms with Crippen molar-refractivity contribution in [1.29, 1.82) is 0 Å². The van der Waals surface area contributed by atoms with Gasteiger partial charge in [-0.2, -0.15) is 0 Å². The highest BCUT2D eigenvalue weighted by atomic mass is 32.2. The van der Waals surface area contributed by atoms with Gasteiger partial charge in [0.05, 0.1) is 27.1 Å². The van der Waals surface area contributed by atoms with Gasteiger partial charge in [-0.1, -0.05) is 11.8 Å². The summed E-state index contributed by atoms with van der Waals surface area (Å²) in [5.74, 6) is -2.02. The van der Waals surface area contributed by atoms with Gasteiger partial charge in [0, 0.05) is 24.1 Å². The Morgan fingerprint density at radius 1 is 1.52 bits per heavy atom. The van der Waals surface area contributed by atoms with Crippen LogP contribution in [0.25, 0.3) is 0 Å². The van der Waals surface area contributed by atoms with E-state index in [-0.39, 0.29) is 16.7 Å². The number of aromatic amines is 1. The molecule has 21 heavy (non-hydrogen) atoms. The molecule has 1 aromatic rings. The van der Waals surface area contributed by atoms with Crippen LogP contribution in [0.2, 0.25) is 0 Å². The molecule has 0 saturated heterocycles. The van der Waals surface area contributed by atoms with E-state index in [1.807, 2.05) is 0 Å². The van der Waals surface area contributed by atoms with Crippen molar-refractivity contribution in [2.75, 3.05) is 26.9 Å². The molecule has 0 saturated carbocycles. The molecule has 0 radical (unpaired) electrons. The third kappa shape index (κ3) is 5.37. The van der Waals surface area contributed by atoms with Crippen molar-refractivity contribution >= 4 is 23.7 Å². The van der Waals surface area contributed by atoms with Crippen molar-refractivity contribution in [3.05, 3.63) is 11.9 Å². The number of quaternary nitrogens is 1. The molecule has 8 nitrogen and oxygen atoms in total. The Labute approximate surface area is 126 Å². The van der Waals surface area contributed by atoms with Crippen molar-refractivity contribution in [2.45, 2.75) is 23.7 Å². The SMILES string of the molecule is C[N+](C)(C)C(Cc1cnc(SCC(N)C(=O)O)[nH]1)C(=O)[O-]. The number of nitrogens with one attached hydrogen (secondary N) is 1. The number of carbonyl (C=O) groups is 2. The second-order valence-electron chi connectivity index (χ2n) is 5.62. The van der Waals surface area contributed by atoms with Gasteiger partial charge in [-0.3, -0.25) is 4.79 Å². The third-order valence-electron chi connectivity index (χ3n) is 2.94. The summed E-state index contributed by atoms with van der Waals surface area (Å²) in [4.78, 5) is 28.9. The lowest BCUT2D eigenvalue weighted by Gasteiger charge is -2.34. The Bertz CT molecular complexity index is 512. The van der Waals surface area contributed by atoms with Gasteiger partial charge in [-0.25, -0.2) is 4.98 Å². The summed E-state index contributed by atoms with van der Waals surface area (Å²) in [6, 6.07) is -1.67. The first kappa shape index (κ1) is 17.5. The van der Waals surface area contributed by atoms with Gasteiger partial charge in [0.15, 0.2) is 5.16 Å². The Morgan fingerprint density at radius 2 is 2.14 bits per heavy atom. The largest absolute Gasteiger partial charge is 0.544 e. The number of carbonyl (C=O) groups excluding carboxylic acids is 1. The number of aromatic nitrogens is 2. The number of H-pyrrole nitrogens is 1. The molecule has 2 atom stereocenters. The molecule has 0 aliphatic carbocycles. The Morgan fingerprint density at radius 3 is 2.62 bits per heavy atom. The summed E-state index contributed by atoms with van der Waals surface area (Å²) in [6.07, 6.45) is 1.80. The fourth-order valence-corrected chi connectivity index (χ4v) is 2.45. The molecule has 0 amide bonds. The van der Waals surface area contributed by atoms with Gasteiger partial charge in [0.25, 0.3) is 0 Å². The van der Waals surface area contributed by atoms with Crippen molar-refractivity contribution in [1.82, 2.24) is 9.97 Å². The summed E-state index contributed by atoms with van der Waals surface area (Å²) >= 11 is 1.18. The van der Waals surface area contributed by atoms with Gasteiger partial charge in [-0.15, -0.1) is 0 Å². The number of imidazole rings is 1. The van der Waals surface area contributed by atoms with E-state index < -0.39 is 24.0 Å². The maximum atomic E-state index is 11.2. The van der Waals surface area contributed by atoms with E-state index in [2.05, 4.69) is 9.97 Å². The Kier molecular flexibility index (Phi) is 5.76. The molecule has 1 heterocycles. The zero-order chi connectivity index (χ0) is 16.2. The number of rotatable bonds is 8. The maximum absolute atomic E-state index is 11.2. The van der Waals surface area contributed by atoms with Crippen molar-refractivity contribution < 1.29 is 24.3 Å². The number of likely N-dealkylation sites (N-methyl/N-ethyl adjacent to an activating group) is 1. The van der Waals surface area contributed by atoms with Gasteiger partial charge in [0.2, 0.25) is 0 Å². The van der Waals surface area contributed by atoms with Gasteiger partial charge in [0.1, 0.15) is 12.1 Å². The highest BCUT2D eigenvalue weighted by molar-refractivity contribution is 7.99. The molecule has 118 valence electrons. The topological polar surface area (TPSA) is 132 Å². The molecule has 0 aliphatic heterocycles. The van der Waals surface area contributed by atoms with Crippen LogP contribution in [-0.2, 0) is 16.0 Å². The average Bonchev–Trinajstić information content (AvgIpc) is 2.78. The lowest BCUT2D eigenvalue weighted by molar-refractivity contribution is -0.889. The van der Waals surface area contributed by atoms with Crippen LogP contribution in [0.5, 0.6) is 0 Å². The fraction of sp³-hybridized carbons (Fsp3) is 0.583. The standard InChI is InChI=1S/C12H20N4O4S/c1-16(2,3)9(11(19)20)4-7-5-14-12(15-7)21-6-8(13)10(17)18/h5,8-9H,4,6,13H2,1-3H3,(H2-,14,15,17,18,19,20). The zero-order valence-electron chi connectivity index (χ0n) is 12.2. The van der Waals surface area contributed by atoms with E-state index in [1.165, 1.54) is 11.8 Å². The molecule has 0 spiro atoms. The number of thioether (sulfide) groups is 1. The van der Waals surface area contributed by atoms with Gasteiger partial charge < -0.3 is 30.2 Å². The number of hydrogen-bond acceptors (Lipinski definition) is 6. The summed E-state index contributed by atoms with van der Waals surface area (Å²) in [6.45, 7) is 0. The first-order chi connectivity index (χ1) is 9.61. The van der Waals surface area contributed by atoms with Crippen molar-refractivity contribution in [2.24, 2.45) is 5.73 Å². The maximum Gasteiger partial charge on any atom is 0.321 e. The number of aliphatic carboxylic acids is 2. The fourth-order valence-electron chi connectivity index (χ4n) is 1.64. The second kappa shape index (κ2) is 6.92. The summed E-state index contributed by atoms with van der Waals surface area (Å²) in [5, 5.41) is 20.4. The monoisotopic (exact) mass is 316 g/mol. The molecule has 4 N–H and O–H groups in total. The third-order valence-corrected chi connectivity index (χ3v) is 3.95. The molecule has 0 aliphatic rings. The number of carboxylic acids is 2. The van der Waals surface area contributed by atoms with Gasteiger partial charge in [-0.05, 0) is 0 Å². The molecular formula is C12H20N4O4S. The van der Waals surface area contributed by atoms with E-state index >= 15 is 0 Å².